The van der Waals surface area contributed by atoms with Crippen molar-refractivity contribution < 1.29 is 4.74 Å². The molecular weight excluding hydrogens is 146 g/mol. The highest BCUT2D eigenvalue weighted by Crippen LogP contribution is 1.92. The van der Waals surface area contributed by atoms with Gasteiger partial charge in [0.15, 0.2) is 0 Å². The predicted octanol–water partition coefficient (Wildman–Crippen LogP) is 1.46. The Morgan fingerprint density at radius 1 is 1.50 bits per heavy atom. The molecule has 0 aromatic heterocycles. The van der Waals surface area contributed by atoms with Crippen LogP contribution in [0.2, 0.25) is 0 Å². The molecule has 3 heteroatoms. The number of hydrogen-bond acceptors (Lipinski definition) is 2. The van der Waals surface area contributed by atoms with Gasteiger partial charge in [0.1, 0.15) is 0 Å². The van der Waals surface area contributed by atoms with Crippen LogP contribution >= 0.6 is 12.2 Å². The summed E-state index contributed by atoms with van der Waals surface area (Å²) in [5, 5.41) is 0.556. The summed E-state index contributed by atoms with van der Waals surface area (Å²) < 4.78 is 5.03. The van der Waals surface area contributed by atoms with E-state index in [0.29, 0.717) is 11.8 Å². The Morgan fingerprint density at radius 2 is 2.00 bits per heavy atom. The lowest BCUT2D eigenvalue weighted by atomic mass is 10.6. The molecule has 0 aromatic rings. The van der Waals surface area contributed by atoms with Gasteiger partial charge in [-0.25, -0.2) is 0 Å². The zero-order chi connectivity index (χ0) is 7.98. The first-order valence-corrected chi connectivity index (χ1v) is 3.88. The standard InChI is InChI=1S/C7H14NOS/c1-4-8(5-2)7(10)9-6-3/h3-6H2,1-2H3. The molecule has 0 unspecified atom stereocenters. The van der Waals surface area contributed by atoms with Crippen LogP contribution in [-0.2, 0) is 4.74 Å². The van der Waals surface area contributed by atoms with Crippen LogP contribution in [0.1, 0.15) is 13.8 Å². The van der Waals surface area contributed by atoms with Crippen molar-refractivity contribution in [3.05, 3.63) is 6.92 Å². The van der Waals surface area contributed by atoms with Crippen molar-refractivity contribution in [3.63, 3.8) is 0 Å². The van der Waals surface area contributed by atoms with Crippen LogP contribution in [0, 0.1) is 6.92 Å². The molecule has 0 spiro atoms. The summed E-state index contributed by atoms with van der Waals surface area (Å²) >= 11 is 4.94. The summed E-state index contributed by atoms with van der Waals surface area (Å²) in [5.41, 5.74) is 0. The van der Waals surface area contributed by atoms with Gasteiger partial charge in [0.2, 0.25) is 0 Å². The molecule has 0 rings (SSSR count). The van der Waals surface area contributed by atoms with Gasteiger partial charge in [-0.05, 0) is 33.0 Å². The fraction of sp³-hybridized carbons (Fsp3) is 0.714. The minimum Gasteiger partial charge on any atom is -0.471 e. The Balaban J connectivity index is 3.65. The van der Waals surface area contributed by atoms with Crippen molar-refractivity contribution in [3.8, 4) is 0 Å². The third-order valence-corrected chi connectivity index (χ3v) is 1.62. The van der Waals surface area contributed by atoms with Crippen molar-refractivity contribution in [2.24, 2.45) is 0 Å². The Hall–Kier alpha value is -0.310. The molecule has 10 heavy (non-hydrogen) atoms. The highest BCUT2D eigenvalue weighted by molar-refractivity contribution is 7.80. The van der Waals surface area contributed by atoms with Gasteiger partial charge in [0.25, 0.3) is 5.17 Å². The highest BCUT2D eigenvalue weighted by Gasteiger charge is 2.03. The molecule has 0 aromatic carbocycles. The second-order valence-electron chi connectivity index (χ2n) is 1.79. The lowest BCUT2D eigenvalue weighted by Gasteiger charge is -2.20. The minimum absolute atomic E-state index is 0.412. The van der Waals surface area contributed by atoms with Crippen molar-refractivity contribution in [2.45, 2.75) is 13.8 Å². The molecule has 0 atom stereocenters. The normalized spacial score (nSPS) is 9.10. The van der Waals surface area contributed by atoms with Gasteiger partial charge in [-0.2, -0.15) is 0 Å². The molecule has 0 aliphatic carbocycles. The zero-order valence-electron chi connectivity index (χ0n) is 6.59. The molecule has 0 heterocycles. The minimum atomic E-state index is 0.412. The zero-order valence-corrected chi connectivity index (χ0v) is 7.41. The van der Waals surface area contributed by atoms with Crippen molar-refractivity contribution >= 4 is 17.4 Å². The topological polar surface area (TPSA) is 12.5 Å². The third kappa shape index (κ3) is 3.01. The quantitative estimate of drug-likeness (QED) is 0.580. The maximum absolute atomic E-state index is 5.03. The van der Waals surface area contributed by atoms with E-state index >= 15 is 0 Å². The lowest BCUT2D eigenvalue weighted by Crippen LogP contribution is -2.30. The summed E-state index contributed by atoms with van der Waals surface area (Å²) in [6, 6.07) is 0. The summed E-state index contributed by atoms with van der Waals surface area (Å²) in [5.74, 6) is 0. The molecule has 59 valence electrons. The molecule has 0 fully saturated rings. The van der Waals surface area contributed by atoms with Crippen LogP contribution in [0.5, 0.6) is 0 Å². The third-order valence-electron chi connectivity index (χ3n) is 1.25. The Kier molecular flexibility index (Phi) is 5.30. The van der Waals surface area contributed by atoms with E-state index in [1.165, 1.54) is 0 Å². The molecule has 1 radical (unpaired) electrons. The number of ether oxygens (including phenoxy) is 1. The van der Waals surface area contributed by atoms with Crippen LogP contribution in [0.3, 0.4) is 0 Å². The summed E-state index contributed by atoms with van der Waals surface area (Å²) in [6.45, 7) is 9.84. The summed E-state index contributed by atoms with van der Waals surface area (Å²) in [4.78, 5) is 1.97. The molecule has 0 amide bonds. The molecule has 2 nitrogen and oxygen atoms in total. The van der Waals surface area contributed by atoms with Crippen molar-refractivity contribution in [1.82, 2.24) is 4.90 Å². The Morgan fingerprint density at radius 3 is 2.30 bits per heavy atom. The van der Waals surface area contributed by atoms with E-state index in [1.807, 2.05) is 18.7 Å². The molecule has 0 aliphatic heterocycles. The number of nitrogens with zero attached hydrogens (tertiary/aromatic N) is 1. The van der Waals surface area contributed by atoms with E-state index in [1.54, 1.807) is 0 Å². The van der Waals surface area contributed by atoms with Gasteiger partial charge in [0, 0.05) is 13.1 Å². The average Bonchev–Trinajstić information content (AvgIpc) is 1.91. The number of rotatable bonds is 3. The van der Waals surface area contributed by atoms with E-state index in [9.17, 15) is 0 Å². The molecule has 0 bridgehead atoms. The van der Waals surface area contributed by atoms with E-state index in [-0.39, 0.29) is 0 Å². The van der Waals surface area contributed by atoms with E-state index in [0.717, 1.165) is 13.1 Å². The second-order valence-corrected chi connectivity index (χ2v) is 2.14. The van der Waals surface area contributed by atoms with E-state index < -0.39 is 0 Å². The van der Waals surface area contributed by atoms with Crippen molar-refractivity contribution in [1.29, 1.82) is 0 Å². The first kappa shape index (κ1) is 9.69. The molecule has 0 saturated heterocycles. The van der Waals surface area contributed by atoms with Crippen LogP contribution in [0.25, 0.3) is 0 Å². The fourth-order valence-corrected chi connectivity index (χ4v) is 1.00. The Labute approximate surface area is 68.2 Å². The lowest BCUT2D eigenvalue weighted by molar-refractivity contribution is 0.277. The second kappa shape index (κ2) is 5.47. The van der Waals surface area contributed by atoms with Gasteiger partial charge >= 0.3 is 0 Å². The fourth-order valence-electron chi connectivity index (χ4n) is 0.660. The summed E-state index contributed by atoms with van der Waals surface area (Å²) in [6.07, 6.45) is 0. The predicted molar refractivity (Wildman–Crippen MR) is 46.8 cm³/mol. The molecule has 0 saturated carbocycles. The van der Waals surface area contributed by atoms with Crippen molar-refractivity contribution in [2.75, 3.05) is 19.7 Å². The van der Waals surface area contributed by atoms with Gasteiger partial charge in [-0.15, -0.1) is 0 Å². The maximum atomic E-state index is 5.03. The van der Waals surface area contributed by atoms with Gasteiger partial charge < -0.3 is 9.64 Å². The van der Waals surface area contributed by atoms with Crippen LogP contribution in [0.15, 0.2) is 0 Å². The molecule has 0 N–H and O–H groups in total. The number of thiocarbonyl (C=S) groups is 1. The number of hydrogen-bond donors (Lipinski definition) is 0. The average molecular weight is 160 g/mol. The van der Waals surface area contributed by atoms with E-state index in [2.05, 4.69) is 6.92 Å². The van der Waals surface area contributed by atoms with Gasteiger partial charge in [0.05, 0.1) is 6.61 Å². The molecule has 0 aliphatic rings. The first-order chi connectivity index (χ1) is 4.76. The van der Waals surface area contributed by atoms with Gasteiger partial charge in [-0.3, -0.25) is 0 Å². The Bertz CT molecular complexity index is 102. The monoisotopic (exact) mass is 160 g/mol. The first-order valence-electron chi connectivity index (χ1n) is 3.47. The van der Waals surface area contributed by atoms with E-state index in [4.69, 9.17) is 17.0 Å². The largest absolute Gasteiger partial charge is 0.471 e. The maximum Gasteiger partial charge on any atom is 0.259 e. The highest BCUT2D eigenvalue weighted by atomic mass is 32.1. The van der Waals surface area contributed by atoms with Crippen LogP contribution in [0.4, 0.5) is 0 Å². The van der Waals surface area contributed by atoms with Crippen LogP contribution in [-0.4, -0.2) is 29.8 Å². The SMILES string of the molecule is [CH2]COC(=S)N(CC)CC. The van der Waals surface area contributed by atoms with Gasteiger partial charge in [-0.1, -0.05) is 0 Å². The smallest absolute Gasteiger partial charge is 0.259 e. The van der Waals surface area contributed by atoms with Crippen LogP contribution < -0.4 is 0 Å². The summed E-state index contributed by atoms with van der Waals surface area (Å²) in [7, 11) is 0. The molecular formula is C7H14NOS.